The minimum atomic E-state index is 0.699. The molecule has 23 heavy (non-hydrogen) atoms. The van der Waals surface area contributed by atoms with E-state index >= 15 is 0 Å². The summed E-state index contributed by atoms with van der Waals surface area (Å²) in [6.45, 7) is 4.85. The predicted octanol–water partition coefficient (Wildman–Crippen LogP) is 3.65. The van der Waals surface area contributed by atoms with Crippen molar-refractivity contribution >= 4 is 17.3 Å². The van der Waals surface area contributed by atoms with Crippen LogP contribution in [0.25, 0.3) is 0 Å². The van der Waals surface area contributed by atoms with Crippen LogP contribution in [-0.2, 0) is 6.42 Å². The minimum absolute atomic E-state index is 0.699. The van der Waals surface area contributed by atoms with Gasteiger partial charge >= 0.3 is 0 Å². The Morgan fingerprint density at radius 3 is 2.78 bits per heavy atom. The molecule has 1 aliphatic carbocycles. The molecule has 1 aromatic carbocycles. The van der Waals surface area contributed by atoms with Gasteiger partial charge in [-0.3, -0.25) is 4.99 Å². The number of hydrogen-bond acceptors (Lipinski definition) is 2. The number of rotatable bonds is 7. The van der Waals surface area contributed by atoms with Crippen molar-refractivity contribution in [3.8, 4) is 0 Å². The maximum atomic E-state index is 4.77. The summed E-state index contributed by atoms with van der Waals surface area (Å²) < 4.78 is 0. The Morgan fingerprint density at radius 2 is 2.04 bits per heavy atom. The average Bonchev–Trinajstić information content (AvgIpc) is 3.18. The van der Waals surface area contributed by atoms with E-state index in [0.717, 1.165) is 32.0 Å². The van der Waals surface area contributed by atoms with Crippen molar-refractivity contribution in [3.05, 3.63) is 58.3 Å². The lowest BCUT2D eigenvalue weighted by atomic mass is 10.1. The SMILES string of the molecule is CCNC(=NCC1CC1c1ccccc1)NCCc1cccs1. The Bertz CT molecular complexity index is 607. The molecule has 0 spiro atoms. The zero-order valence-corrected chi connectivity index (χ0v) is 14.5. The summed E-state index contributed by atoms with van der Waals surface area (Å²) in [6.07, 6.45) is 2.32. The van der Waals surface area contributed by atoms with Crippen molar-refractivity contribution in [2.24, 2.45) is 10.9 Å². The summed E-state index contributed by atoms with van der Waals surface area (Å²) in [6, 6.07) is 15.1. The normalized spacial score (nSPS) is 20.3. The van der Waals surface area contributed by atoms with Crippen molar-refractivity contribution in [2.75, 3.05) is 19.6 Å². The smallest absolute Gasteiger partial charge is 0.191 e. The molecule has 2 N–H and O–H groups in total. The summed E-state index contributed by atoms with van der Waals surface area (Å²) >= 11 is 1.81. The molecule has 1 saturated carbocycles. The number of guanidine groups is 1. The van der Waals surface area contributed by atoms with Crippen LogP contribution in [0.3, 0.4) is 0 Å². The molecule has 3 nitrogen and oxygen atoms in total. The highest BCUT2D eigenvalue weighted by atomic mass is 32.1. The van der Waals surface area contributed by atoms with Gasteiger partial charge in [0.15, 0.2) is 5.96 Å². The minimum Gasteiger partial charge on any atom is -0.357 e. The number of nitrogens with one attached hydrogen (secondary N) is 2. The second kappa shape index (κ2) is 8.16. The Labute approximate surface area is 142 Å². The molecule has 1 aromatic heterocycles. The lowest BCUT2D eigenvalue weighted by Gasteiger charge is -2.10. The summed E-state index contributed by atoms with van der Waals surface area (Å²) in [5.74, 6) is 2.35. The fraction of sp³-hybridized carbons (Fsp3) is 0.421. The lowest BCUT2D eigenvalue weighted by molar-refractivity contribution is 0.766. The topological polar surface area (TPSA) is 36.4 Å². The third kappa shape index (κ3) is 4.83. The van der Waals surface area contributed by atoms with Crippen molar-refractivity contribution in [2.45, 2.75) is 25.7 Å². The van der Waals surface area contributed by atoms with Crippen LogP contribution < -0.4 is 10.6 Å². The first-order valence-corrected chi connectivity index (χ1v) is 9.34. The fourth-order valence-electron chi connectivity index (χ4n) is 2.87. The van der Waals surface area contributed by atoms with Crippen LogP contribution in [-0.4, -0.2) is 25.6 Å². The van der Waals surface area contributed by atoms with Gasteiger partial charge in [-0.1, -0.05) is 36.4 Å². The van der Waals surface area contributed by atoms with E-state index in [2.05, 4.69) is 65.4 Å². The van der Waals surface area contributed by atoms with Crippen LogP contribution in [0.5, 0.6) is 0 Å². The number of nitrogens with zero attached hydrogens (tertiary/aromatic N) is 1. The molecular formula is C19H25N3S. The molecule has 4 heteroatoms. The number of thiophene rings is 1. The molecule has 1 fully saturated rings. The highest BCUT2D eigenvalue weighted by Crippen LogP contribution is 2.47. The van der Waals surface area contributed by atoms with Crippen molar-refractivity contribution < 1.29 is 0 Å². The van der Waals surface area contributed by atoms with Gasteiger partial charge in [-0.25, -0.2) is 0 Å². The van der Waals surface area contributed by atoms with Gasteiger partial charge in [-0.05, 0) is 48.6 Å². The maximum Gasteiger partial charge on any atom is 0.191 e. The van der Waals surface area contributed by atoms with Gasteiger partial charge in [0.2, 0.25) is 0 Å². The molecule has 1 aliphatic rings. The highest BCUT2D eigenvalue weighted by molar-refractivity contribution is 7.09. The number of aliphatic imine (C=N–C) groups is 1. The van der Waals surface area contributed by atoms with E-state index in [9.17, 15) is 0 Å². The Balaban J connectivity index is 1.45. The second-order valence-corrected chi connectivity index (χ2v) is 7.02. The third-order valence-electron chi connectivity index (χ3n) is 4.22. The molecule has 2 atom stereocenters. The van der Waals surface area contributed by atoms with Crippen LogP contribution >= 0.6 is 11.3 Å². The van der Waals surface area contributed by atoms with Crippen LogP contribution in [0, 0.1) is 5.92 Å². The van der Waals surface area contributed by atoms with Crippen LogP contribution in [0.15, 0.2) is 52.8 Å². The molecule has 122 valence electrons. The van der Waals surface area contributed by atoms with Gasteiger partial charge in [-0.15, -0.1) is 11.3 Å². The number of benzene rings is 1. The zero-order valence-electron chi connectivity index (χ0n) is 13.7. The first kappa shape index (κ1) is 16.1. The predicted molar refractivity (Wildman–Crippen MR) is 99.3 cm³/mol. The summed E-state index contributed by atoms with van der Waals surface area (Å²) in [5, 5.41) is 8.92. The van der Waals surface area contributed by atoms with Gasteiger partial charge in [0.25, 0.3) is 0 Å². The zero-order chi connectivity index (χ0) is 15.9. The second-order valence-electron chi connectivity index (χ2n) is 5.99. The van der Waals surface area contributed by atoms with E-state index < -0.39 is 0 Å². The fourth-order valence-corrected chi connectivity index (χ4v) is 3.58. The lowest BCUT2D eigenvalue weighted by Crippen LogP contribution is -2.38. The van der Waals surface area contributed by atoms with E-state index in [4.69, 9.17) is 4.99 Å². The first-order valence-electron chi connectivity index (χ1n) is 8.46. The van der Waals surface area contributed by atoms with E-state index in [1.54, 1.807) is 0 Å². The quantitative estimate of drug-likeness (QED) is 0.601. The average molecular weight is 327 g/mol. The van der Waals surface area contributed by atoms with Crippen LogP contribution in [0.2, 0.25) is 0 Å². The molecular weight excluding hydrogens is 302 g/mol. The largest absolute Gasteiger partial charge is 0.357 e. The van der Waals surface area contributed by atoms with Gasteiger partial charge in [-0.2, -0.15) is 0 Å². The summed E-state index contributed by atoms with van der Waals surface area (Å²) in [5.41, 5.74) is 1.46. The molecule has 2 aromatic rings. The summed E-state index contributed by atoms with van der Waals surface area (Å²) in [4.78, 5) is 6.18. The molecule has 3 rings (SSSR count). The molecule has 2 unspecified atom stereocenters. The summed E-state index contributed by atoms with van der Waals surface area (Å²) in [7, 11) is 0. The molecule has 0 amide bonds. The van der Waals surface area contributed by atoms with E-state index in [1.165, 1.54) is 16.9 Å². The molecule has 0 bridgehead atoms. The standard InChI is InChI=1S/C19H25N3S/c1-2-20-19(21-11-10-17-9-6-12-23-17)22-14-16-13-18(16)15-7-4-3-5-8-15/h3-9,12,16,18H,2,10-11,13-14H2,1H3,(H2,20,21,22). The Morgan fingerprint density at radius 1 is 1.17 bits per heavy atom. The van der Waals surface area contributed by atoms with Crippen LogP contribution in [0.4, 0.5) is 0 Å². The molecule has 0 saturated heterocycles. The third-order valence-corrected chi connectivity index (χ3v) is 5.16. The highest BCUT2D eigenvalue weighted by Gasteiger charge is 2.37. The molecule has 1 heterocycles. The first-order chi connectivity index (χ1) is 11.4. The van der Waals surface area contributed by atoms with Crippen molar-refractivity contribution in [1.29, 1.82) is 0 Å². The van der Waals surface area contributed by atoms with E-state index in [-0.39, 0.29) is 0 Å². The van der Waals surface area contributed by atoms with Gasteiger partial charge in [0.1, 0.15) is 0 Å². The van der Waals surface area contributed by atoms with Crippen molar-refractivity contribution in [1.82, 2.24) is 10.6 Å². The van der Waals surface area contributed by atoms with E-state index in [1.807, 2.05) is 11.3 Å². The maximum absolute atomic E-state index is 4.77. The van der Waals surface area contributed by atoms with Gasteiger partial charge in [0.05, 0.1) is 0 Å². The van der Waals surface area contributed by atoms with E-state index in [0.29, 0.717) is 11.8 Å². The number of hydrogen-bond donors (Lipinski definition) is 2. The van der Waals surface area contributed by atoms with Crippen molar-refractivity contribution in [3.63, 3.8) is 0 Å². The van der Waals surface area contributed by atoms with Crippen LogP contribution in [0.1, 0.15) is 29.7 Å². The Kier molecular flexibility index (Phi) is 5.70. The molecule has 0 radical (unpaired) electrons. The monoisotopic (exact) mass is 327 g/mol. The molecule has 0 aliphatic heterocycles. The van der Waals surface area contributed by atoms with Gasteiger partial charge in [0, 0.05) is 24.5 Å². The van der Waals surface area contributed by atoms with Gasteiger partial charge < -0.3 is 10.6 Å². The Hall–Kier alpha value is -1.81.